The summed E-state index contributed by atoms with van der Waals surface area (Å²) in [7, 11) is 0. The van der Waals surface area contributed by atoms with Crippen molar-refractivity contribution in [3.05, 3.63) is 72.3 Å². The van der Waals surface area contributed by atoms with Gasteiger partial charge in [-0.25, -0.2) is 19.7 Å². The van der Waals surface area contributed by atoms with E-state index in [2.05, 4.69) is 43.0 Å². The number of fused-ring (bicyclic) bond motifs is 1. The number of hydrogen-bond donors (Lipinski definition) is 1. The minimum Gasteiger partial charge on any atom is -0.444 e. The third-order valence-corrected chi connectivity index (χ3v) is 6.08. The van der Waals surface area contributed by atoms with Crippen molar-refractivity contribution in [1.29, 1.82) is 0 Å². The first kappa shape index (κ1) is 23.9. The summed E-state index contributed by atoms with van der Waals surface area (Å²) in [5.41, 5.74) is 5.61. The molecular formula is C27H31N7O2. The molecule has 4 heterocycles. The first-order valence-electron chi connectivity index (χ1n) is 12.2. The van der Waals surface area contributed by atoms with E-state index >= 15 is 0 Å². The molecule has 1 N–H and O–H groups in total. The van der Waals surface area contributed by atoms with Crippen molar-refractivity contribution < 1.29 is 9.53 Å². The molecule has 0 radical (unpaired) electrons. The number of piperazine rings is 1. The molecule has 9 nitrogen and oxygen atoms in total. The molecule has 1 aliphatic rings. The lowest BCUT2D eigenvalue weighted by Gasteiger charge is -2.35. The highest BCUT2D eigenvalue weighted by Crippen LogP contribution is 2.23. The maximum atomic E-state index is 12.3. The number of hydrogen-bond acceptors (Lipinski definition) is 7. The summed E-state index contributed by atoms with van der Waals surface area (Å²) in [6.07, 6.45) is 7.39. The van der Waals surface area contributed by atoms with Crippen LogP contribution < -0.4 is 0 Å². The Kier molecular flexibility index (Phi) is 6.65. The van der Waals surface area contributed by atoms with Crippen molar-refractivity contribution in [3.63, 3.8) is 0 Å². The molecular weight excluding hydrogens is 454 g/mol. The Balaban J connectivity index is 1.20. The summed E-state index contributed by atoms with van der Waals surface area (Å²) in [5.74, 6) is 0.877. The molecule has 186 valence electrons. The molecule has 1 fully saturated rings. The van der Waals surface area contributed by atoms with E-state index in [9.17, 15) is 4.79 Å². The first-order chi connectivity index (χ1) is 17.3. The van der Waals surface area contributed by atoms with Crippen LogP contribution in [0.25, 0.3) is 22.2 Å². The third kappa shape index (κ3) is 5.85. The van der Waals surface area contributed by atoms with Gasteiger partial charge in [-0.2, -0.15) is 0 Å². The number of rotatable bonds is 5. The predicted octanol–water partition coefficient (Wildman–Crippen LogP) is 4.06. The predicted molar refractivity (Wildman–Crippen MR) is 137 cm³/mol. The Bertz CT molecular complexity index is 1340. The standard InChI is InChI=1S/C27H31N7O2/c1-27(2,3)36-26(35)34-10-8-33(9-11-34)17-19-6-7-30-22(12-19)14-25-31-23-5-4-20(13-24(23)32-25)21-15-28-18-29-16-21/h4-7,12-13,15-16,18H,8-11,14,17H2,1-3H3,(H,31,32). The second kappa shape index (κ2) is 10.0. The Morgan fingerprint density at radius 3 is 2.56 bits per heavy atom. The van der Waals surface area contributed by atoms with Gasteiger partial charge in [-0.05, 0) is 56.2 Å². The van der Waals surface area contributed by atoms with Crippen LogP contribution in [0.3, 0.4) is 0 Å². The molecule has 4 aromatic rings. The number of amides is 1. The zero-order valence-corrected chi connectivity index (χ0v) is 20.9. The van der Waals surface area contributed by atoms with Crippen LogP contribution in [0.15, 0.2) is 55.2 Å². The van der Waals surface area contributed by atoms with Gasteiger partial charge < -0.3 is 14.6 Å². The molecule has 0 aliphatic carbocycles. The van der Waals surface area contributed by atoms with E-state index in [0.29, 0.717) is 19.5 Å². The molecule has 0 atom stereocenters. The summed E-state index contributed by atoms with van der Waals surface area (Å²) in [5, 5.41) is 0. The fourth-order valence-corrected chi connectivity index (χ4v) is 4.34. The molecule has 3 aromatic heterocycles. The second-order valence-corrected chi connectivity index (χ2v) is 10.1. The Morgan fingerprint density at radius 1 is 1.03 bits per heavy atom. The highest BCUT2D eigenvalue weighted by Gasteiger charge is 2.25. The molecule has 0 spiro atoms. The van der Waals surface area contributed by atoms with E-state index in [-0.39, 0.29) is 6.09 Å². The van der Waals surface area contributed by atoms with Crippen molar-refractivity contribution in [1.82, 2.24) is 34.7 Å². The van der Waals surface area contributed by atoms with Crippen molar-refractivity contribution in [3.8, 4) is 11.1 Å². The van der Waals surface area contributed by atoms with Gasteiger partial charge in [-0.3, -0.25) is 9.88 Å². The van der Waals surface area contributed by atoms with Crippen molar-refractivity contribution in [2.75, 3.05) is 26.2 Å². The quantitative estimate of drug-likeness (QED) is 0.455. The van der Waals surface area contributed by atoms with Crippen LogP contribution in [-0.4, -0.2) is 72.6 Å². The van der Waals surface area contributed by atoms with Gasteiger partial charge in [0.25, 0.3) is 0 Å². The van der Waals surface area contributed by atoms with E-state index < -0.39 is 5.60 Å². The Hall–Kier alpha value is -3.85. The van der Waals surface area contributed by atoms with Gasteiger partial charge in [0.2, 0.25) is 0 Å². The van der Waals surface area contributed by atoms with Crippen LogP contribution in [0.2, 0.25) is 0 Å². The highest BCUT2D eigenvalue weighted by molar-refractivity contribution is 5.81. The monoisotopic (exact) mass is 485 g/mol. The number of benzene rings is 1. The number of nitrogens with one attached hydrogen (secondary N) is 1. The number of aromatic amines is 1. The molecule has 5 rings (SSSR count). The normalized spacial score (nSPS) is 14.8. The van der Waals surface area contributed by atoms with Gasteiger partial charge in [0, 0.05) is 69.0 Å². The Labute approximate surface area is 210 Å². The highest BCUT2D eigenvalue weighted by atomic mass is 16.6. The fourth-order valence-electron chi connectivity index (χ4n) is 4.34. The largest absolute Gasteiger partial charge is 0.444 e. The molecule has 1 amide bonds. The lowest BCUT2D eigenvalue weighted by atomic mass is 10.1. The van der Waals surface area contributed by atoms with E-state index in [1.807, 2.05) is 39.1 Å². The molecule has 36 heavy (non-hydrogen) atoms. The molecule has 1 aliphatic heterocycles. The summed E-state index contributed by atoms with van der Waals surface area (Å²) < 4.78 is 5.50. The van der Waals surface area contributed by atoms with Gasteiger partial charge in [-0.15, -0.1) is 0 Å². The number of imidazole rings is 1. The van der Waals surface area contributed by atoms with Crippen LogP contribution in [-0.2, 0) is 17.7 Å². The van der Waals surface area contributed by atoms with Crippen molar-refractivity contribution in [2.45, 2.75) is 39.3 Å². The Morgan fingerprint density at radius 2 is 1.81 bits per heavy atom. The van der Waals surface area contributed by atoms with E-state index in [0.717, 1.165) is 53.3 Å². The zero-order chi connectivity index (χ0) is 25.1. The molecule has 1 saturated heterocycles. The number of carbonyl (C=O) groups is 1. The minimum absolute atomic E-state index is 0.233. The van der Waals surface area contributed by atoms with E-state index in [4.69, 9.17) is 9.72 Å². The zero-order valence-electron chi connectivity index (χ0n) is 20.9. The number of carbonyl (C=O) groups excluding carboxylic acids is 1. The van der Waals surface area contributed by atoms with E-state index in [1.165, 1.54) is 11.9 Å². The van der Waals surface area contributed by atoms with Crippen LogP contribution in [0, 0.1) is 0 Å². The molecule has 0 bridgehead atoms. The second-order valence-electron chi connectivity index (χ2n) is 10.1. The number of aromatic nitrogens is 5. The van der Waals surface area contributed by atoms with Gasteiger partial charge in [0.1, 0.15) is 17.8 Å². The number of H-pyrrole nitrogens is 1. The number of pyridine rings is 1. The first-order valence-corrected chi connectivity index (χ1v) is 12.2. The third-order valence-electron chi connectivity index (χ3n) is 6.08. The maximum absolute atomic E-state index is 12.3. The molecule has 0 saturated carbocycles. The molecule has 1 aromatic carbocycles. The minimum atomic E-state index is -0.472. The maximum Gasteiger partial charge on any atom is 0.410 e. The summed E-state index contributed by atoms with van der Waals surface area (Å²) in [6.45, 7) is 9.47. The number of ether oxygens (including phenoxy) is 1. The van der Waals surface area contributed by atoms with Gasteiger partial charge in [-0.1, -0.05) is 6.07 Å². The topological polar surface area (TPSA) is 100 Å². The van der Waals surface area contributed by atoms with Crippen LogP contribution >= 0.6 is 0 Å². The van der Waals surface area contributed by atoms with Crippen LogP contribution in [0.4, 0.5) is 4.79 Å². The van der Waals surface area contributed by atoms with Gasteiger partial charge in [0.15, 0.2) is 0 Å². The smallest absolute Gasteiger partial charge is 0.410 e. The van der Waals surface area contributed by atoms with Crippen molar-refractivity contribution in [2.24, 2.45) is 0 Å². The van der Waals surface area contributed by atoms with E-state index in [1.54, 1.807) is 17.3 Å². The summed E-state index contributed by atoms with van der Waals surface area (Å²) in [6, 6.07) is 10.3. The molecule has 9 heteroatoms. The summed E-state index contributed by atoms with van der Waals surface area (Å²) >= 11 is 0. The fraction of sp³-hybridized carbons (Fsp3) is 0.370. The summed E-state index contributed by atoms with van der Waals surface area (Å²) in [4.78, 5) is 37.4. The van der Waals surface area contributed by atoms with Crippen molar-refractivity contribution >= 4 is 17.1 Å². The average Bonchev–Trinajstić information content (AvgIpc) is 3.25. The van der Waals surface area contributed by atoms with Crippen LogP contribution in [0.1, 0.15) is 37.9 Å². The van der Waals surface area contributed by atoms with Crippen LogP contribution in [0.5, 0.6) is 0 Å². The lowest BCUT2D eigenvalue weighted by Crippen LogP contribution is -2.49. The lowest BCUT2D eigenvalue weighted by molar-refractivity contribution is 0.0139. The molecule has 0 unspecified atom stereocenters. The average molecular weight is 486 g/mol. The van der Waals surface area contributed by atoms with Gasteiger partial charge >= 0.3 is 6.09 Å². The van der Waals surface area contributed by atoms with Gasteiger partial charge in [0.05, 0.1) is 11.0 Å². The number of nitrogens with zero attached hydrogens (tertiary/aromatic N) is 6. The SMILES string of the molecule is CC(C)(C)OC(=O)N1CCN(Cc2ccnc(Cc3nc4ccc(-c5cncnc5)cc4[nH]3)c2)CC1.